The molecule has 0 fully saturated rings. The van der Waals surface area contributed by atoms with Crippen LogP contribution in [0.4, 0.5) is 0 Å². The van der Waals surface area contributed by atoms with Crippen molar-refractivity contribution in [1.29, 1.82) is 0 Å². The Labute approximate surface area is 115 Å². The van der Waals surface area contributed by atoms with Crippen molar-refractivity contribution in [2.24, 2.45) is 0 Å². The molecule has 2 heteroatoms. The molecule has 0 saturated carbocycles. The van der Waals surface area contributed by atoms with Gasteiger partial charge in [-0.3, -0.25) is 0 Å². The molecule has 0 spiro atoms. The Morgan fingerprint density at radius 1 is 1.00 bits per heavy atom. The van der Waals surface area contributed by atoms with Gasteiger partial charge in [0.1, 0.15) is 5.60 Å². The highest BCUT2D eigenvalue weighted by Crippen LogP contribution is 2.44. The fraction of sp³-hybridized carbons (Fsp3) is 0.750. The van der Waals surface area contributed by atoms with Gasteiger partial charge in [-0.15, -0.1) is 0 Å². The summed E-state index contributed by atoms with van der Waals surface area (Å²) in [6, 6.07) is 0. The number of hydrogen-bond donors (Lipinski definition) is 0. The van der Waals surface area contributed by atoms with Gasteiger partial charge in [0, 0.05) is 0 Å². The van der Waals surface area contributed by atoms with Crippen LogP contribution in [0.15, 0.2) is 12.7 Å². The maximum Gasteiger partial charge on any atom is 0.202 e. The van der Waals surface area contributed by atoms with E-state index in [1.807, 2.05) is 0 Å². The standard InChI is InChI=1S/C16H30OSi/c1-10-11-12-16(8,9)17-18(13(2)3,14(4)5)15(6)7/h10,13-15H,1H2,2-9H3. The molecule has 0 saturated heterocycles. The summed E-state index contributed by atoms with van der Waals surface area (Å²) >= 11 is 0. The first-order chi connectivity index (χ1) is 8.10. The molecule has 104 valence electrons. The van der Waals surface area contributed by atoms with E-state index in [0.29, 0.717) is 16.6 Å². The van der Waals surface area contributed by atoms with Crippen LogP contribution in [-0.4, -0.2) is 13.9 Å². The molecule has 18 heavy (non-hydrogen) atoms. The second kappa shape index (κ2) is 6.59. The smallest absolute Gasteiger partial charge is 0.202 e. The lowest BCUT2D eigenvalue weighted by molar-refractivity contribution is 0.144. The predicted molar refractivity (Wildman–Crippen MR) is 84.2 cm³/mol. The summed E-state index contributed by atoms with van der Waals surface area (Å²) < 4.78 is 6.63. The summed E-state index contributed by atoms with van der Waals surface area (Å²) in [7, 11) is -1.85. The second-order valence-corrected chi connectivity index (χ2v) is 11.8. The molecular weight excluding hydrogens is 236 g/mol. The predicted octanol–water partition coefficient (Wildman–Crippen LogP) is 5.15. The van der Waals surface area contributed by atoms with Crippen molar-refractivity contribution in [1.82, 2.24) is 0 Å². The Balaban J connectivity index is 5.43. The van der Waals surface area contributed by atoms with Gasteiger partial charge in [-0.05, 0) is 36.5 Å². The average Bonchev–Trinajstić information content (AvgIpc) is 2.21. The molecule has 1 nitrogen and oxygen atoms in total. The normalized spacial score (nSPS) is 12.8. The zero-order chi connectivity index (χ0) is 14.6. The molecule has 0 heterocycles. The van der Waals surface area contributed by atoms with Crippen LogP contribution in [0.1, 0.15) is 55.4 Å². The van der Waals surface area contributed by atoms with Crippen LogP contribution in [0.5, 0.6) is 0 Å². The molecule has 0 N–H and O–H groups in total. The Morgan fingerprint density at radius 3 is 1.67 bits per heavy atom. The third-order valence-electron chi connectivity index (χ3n) is 3.61. The van der Waals surface area contributed by atoms with Crippen LogP contribution in [0.3, 0.4) is 0 Å². The van der Waals surface area contributed by atoms with Crippen LogP contribution in [0.2, 0.25) is 16.6 Å². The van der Waals surface area contributed by atoms with E-state index in [4.69, 9.17) is 4.43 Å². The molecule has 0 amide bonds. The maximum atomic E-state index is 6.63. The molecule has 0 rings (SSSR count). The van der Waals surface area contributed by atoms with Gasteiger partial charge in [-0.1, -0.05) is 60.0 Å². The summed E-state index contributed by atoms with van der Waals surface area (Å²) in [6.45, 7) is 21.6. The minimum atomic E-state index is -1.85. The third-order valence-corrected chi connectivity index (χ3v) is 9.89. The Hall–Kier alpha value is -0.523. The second-order valence-electron chi connectivity index (χ2n) is 6.40. The average molecular weight is 267 g/mol. The van der Waals surface area contributed by atoms with Crippen molar-refractivity contribution in [2.45, 2.75) is 77.6 Å². The van der Waals surface area contributed by atoms with Gasteiger partial charge in [0.05, 0.1) is 0 Å². The molecule has 0 aliphatic carbocycles. The number of allylic oxidation sites excluding steroid dienone is 1. The van der Waals surface area contributed by atoms with Crippen LogP contribution in [0, 0.1) is 11.8 Å². The van der Waals surface area contributed by atoms with E-state index < -0.39 is 8.32 Å². The first kappa shape index (κ1) is 17.5. The molecule has 0 bridgehead atoms. The highest BCUT2D eigenvalue weighted by Gasteiger charge is 2.47. The van der Waals surface area contributed by atoms with Gasteiger partial charge in [0.2, 0.25) is 8.32 Å². The van der Waals surface area contributed by atoms with Gasteiger partial charge in [0.25, 0.3) is 0 Å². The van der Waals surface area contributed by atoms with Gasteiger partial charge in [-0.25, -0.2) is 0 Å². The van der Waals surface area contributed by atoms with Crippen molar-refractivity contribution in [3.8, 4) is 11.8 Å². The molecule has 0 aliphatic rings. The maximum absolute atomic E-state index is 6.63. The highest BCUT2D eigenvalue weighted by molar-refractivity contribution is 6.77. The largest absolute Gasteiger partial charge is 0.400 e. The van der Waals surface area contributed by atoms with E-state index >= 15 is 0 Å². The van der Waals surface area contributed by atoms with Gasteiger partial charge in [0.15, 0.2) is 0 Å². The Kier molecular flexibility index (Phi) is 6.40. The van der Waals surface area contributed by atoms with Crippen molar-refractivity contribution >= 4 is 8.32 Å². The fourth-order valence-corrected chi connectivity index (χ4v) is 8.69. The molecule has 0 unspecified atom stereocenters. The lowest BCUT2D eigenvalue weighted by atomic mass is 10.1. The SMILES string of the molecule is C=CC#CC(C)(C)O[Si](C(C)C)(C(C)C)C(C)C. The summed E-state index contributed by atoms with van der Waals surface area (Å²) in [5.74, 6) is 6.11. The summed E-state index contributed by atoms with van der Waals surface area (Å²) in [4.78, 5) is 0. The first-order valence-corrected chi connectivity index (χ1v) is 9.08. The van der Waals surface area contributed by atoms with Crippen LogP contribution < -0.4 is 0 Å². The first-order valence-electron chi connectivity index (χ1n) is 6.94. The van der Waals surface area contributed by atoms with Crippen molar-refractivity contribution in [2.75, 3.05) is 0 Å². The lowest BCUT2D eigenvalue weighted by Gasteiger charge is -2.46. The lowest BCUT2D eigenvalue weighted by Crippen LogP contribution is -2.52. The molecule has 0 aromatic carbocycles. The van der Waals surface area contributed by atoms with E-state index in [1.165, 1.54) is 0 Å². The fourth-order valence-electron chi connectivity index (χ4n) is 3.05. The zero-order valence-corrected chi connectivity index (χ0v) is 14.4. The minimum Gasteiger partial charge on any atom is -0.400 e. The van der Waals surface area contributed by atoms with E-state index in [2.05, 4.69) is 73.8 Å². The summed E-state index contributed by atoms with van der Waals surface area (Å²) in [6.07, 6.45) is 1.63. The van der Waals surface area contributed by atoms with Gasteiger partial charge in [-0.2, -0.15) is 0 Å². The quantitative estimate of drug-likeness (QED) is 0.494. The summed E-state index contributed by atoms with van der Waals surface area (Å²) in [5, 5.41) is 0. The van der Waals surface area contributed by atoms with E-state index in [0.717, 1.165) is 0 Å². The van der Waals surface area contributed by atoms with Gasteiger partial charge < -0.3 is 4.43 Å². The van der Waals surface area contributed by atoms with Gasteiger partial charge >= 0.3 is 0 Å². The van der Waals surface area contributed by atoms with Crippen LogP contribution >= 0.6 is 0 Å². The summed E-state index contributed by atoms with van der Waals surface area (Å²) in [5.41, 5.74) is 1.37. The zero-order valence-electron chi connectivity index (χ0n) is 13.4. The van der Waals surface area contributed by atoms with E-state index in [1.54, 1.807) is 6.08 Å². The molecule has 0 aliphatic heterocycles. The van der Waals surface area contributed by atoms with Crippen molar-refractivity contribution < 1.29 is 4.43 Å². The Morgan fingerprint density at radius 2 is 1.39 bits per heavy atom. The minimum absolute atomic E-state index is 0.390. The Bertz CT molecular complexity index is 307. The monoisotopic (exact) mass is 266 g/mol. The van der Waals surface area contributed by atoms with E-state index in [9.17, 15) is 0 Å². The van der Waals surface area contributed by atoms with Crippen LogP contribution in [-0.2, 0) is 4.43 Å². The molecular formula is C16H30OSi. The topological polar surface area (TPSA) is 9.23 Å². The molecule has 0 aromatic rings. The third kappa shape index (κ3) is 4.00. The highest BCUT2D eigenvalue weighted by atomic mass is 28.4. The van der Waals surface area contributed by atoms with Crippen molar-refractivity contribution in [3.05, 3.63) is 12.7 Å². The molecule has 0 atom stereocenters. The molecule has 0 radical (unpaired) electrons. The van der Waals surface area contributed by atoms with Crippen molar-refractivity contribution in [3.63, 3.8) is 0 Å². The van der Waals surface area contributed by atoms with Crippen LogP contribution in [0.25, 0.3) is 0 Å². The number of rotatable bonds is 5. The number of hydrogen-bond acceptors (Lipinski definition) is 1. The molecule has 0 aromatic heterocycles. The van der Waals surface area contributed by atoms with E-state index in [-0.39, 0.29) is 5.60 Å².